The molecule has 0 saturated heterocycles. The highest BCUT2D eigenvalue weighted by molar-refractivity contribution is 5.88. The average molecular weight is 165 g/mol. The largest absolute Gasteiger partial charge is 0.288 e. The SMILES string of the molecule is C=CCC(C)C1=NC(C)(C)CC1. The van der Waals surface area contributed by atoms with Gasteiger partial charge in [-0.1, -0.05) is 13.0 Å². The third-order valence-corrected chi connectivity index (χ3v) is 2.53. The standard InChI is InChI=1S/C11H19N/c1-5-6-9(2)10-7-8-11(3,4)12-10/h5,9H,1,6-8H2,2-4H3. The van der Waals surface area contributed by atoms with E-state index in [1.807, 2.05) is 6.08 Å². The lowest BCUT2D eigenvalue weighted by Crippen LogP contribution is -2.11. The Morgan fingerprint density at radius 1 is 1.67 bits per heavy atom. The molecule has 0 N–H and O–H groups in total. The van der Waals surface area contributed by atoms with E-state index in [0.717, 1.165) is 6.42 Å². The van der Waals surface area contributed by atoms with Gasteiger partial charge in [-0.15, -0.1) is 6.58 Å². The van der Waals surface area contributed by atoms with Gasteiger partial charge >= 0.3 is 0 Å². The van der Waals surface area contributed by atoms with Gasteiger partial charge in [-0.3, -0.25) is 4.99 Å². The third kappa shape index (κ3) is 2.20. The molecule has 0 radical (unpaired) electrons. The van der Waals surface area contributed by atoms with Crippen LogP contribution in [0.5, 0.6) is 0 Å². The van der Waals surface area contributed by atoms with E-state index < -0.39 is 0 Å². The van der Waals surface area contributed by atoms with Gasteiger partial charge in [0.2, 0.25) is 0 Å². The molecule has 0 bridgehead atoms. The van der Waals surface area contributed by atoms with Crippen molar-refractivity contribution < 1.29 is 0 Å². The molecule has 0 spiro atoms. The number of rotatable bonds is 3. The van der Waals surface area contributed by atoms with Gasteiger partial charge in [0.05, 0.1) is 5.54 Å². The molecule has 0 aromatic heterocycles. The average Bonchev–Trinajstić information content (AvgIpc) is 2.31. The highest BCUT2D eigenvalue weighted by Gasteiger charge is 2.26. The summed E-state index contributed by atoms with van der Waals surface area (Å²) in [5.74, 6) is 0.601. The molecule has 0 aromatic carbocycles. The smallest absolute Gasteiger partial charge is 0.0555 e. The number of nitrogens with zero attached hydrogens (tertiary/aromatic N) is 1. The molecular formula is C11H19N. The van der Waals surface area contributed by atoms with E-state index in [1.54, 1.807) is 0 Å². The number of hydrogen-bond acceptors (Lipinski definition) is 1. The summed E-state index contributed by atoms with van der Waals surface area (Å²) >= 11 is 0. The van der Waals surface area contributed by atoms with Crippen LogP contribution < -0.4 is 0 Å². The second-order valence-electron chi connectivity index (χ2n) is 4.34. The Kier molecular flexibility index (Phi) is 2.71. The van der Waals surface area contributed by atoms with Crippen LogP contribution in [0.15, 0.2) is 17.6 Å². The summed E-state index contributed by atoms with van der Waals surface area (Å²) < 4.78 is 0. The van der Waals surface area contributed by atoms with E-state index in [4.69, 9.17) is 4.99 Å². The Labute approximate surface area is 75.6 Å². The lowest BCUT2D eigenvalue weighted by Gasteiger charge is -2.11. The van der Waals surface area contributed by atoms with Crippen molar-refractivity contribution in [1.82, 2.24) is 0 Å². The topological polar surface area (TPSA) is 12.4 Å². The Bertz CT molecular complexity index is 201. The van der Waals surface area contributed by atoms with Crippen LogP contribution in [0.25, 0.3) is 0 Å². The molecule has 0 aliphatic carbocycles. The van der Waals surface area contributed by atoms with Crippen molar-refractivity contribution in [3.63, 3.8) is 0 Å². The van der Waals surface area contributed by atoms with Gasteiger partial charge in [0, 0.05) is 5.71 Å². The number of hydrogen-bond donors (Lipinski definition) is 0. The molecule has 1 rings (SSSR count). The fraction of sp³-hybridized carbons (Fsp3) is 0.727. The maximum Gasteiger partial charge on any atom is 0.0555 e. The minimum Gasteiger partial charge on any atom is -0.288 e. The fourth-order valence-corrected chi connectivity index (χ4v) is 1.68. The zero-order chi connectivity index (χ0) is 9.19. The summed E-state index contributed by atoms with van der Waals surface area (Å²) in [5.41, 5.74) is 1.59. The summed E-state index contributed by atoms with van der Waals surface area (Å²) in [6.07, 6.45) is 5.44. The summed E-state index contributed by atoms with van der Waals surface area (Å²) in [4.78, 5) is 4.71. The van der Waals surface area contributed by atoms with Crippen LogP contribution in [-0.2, 0) is 0 Å². The van der Waals surface area contributed by atoms with Crippen molar-refractivity contribution >= 4 is 5.71 Å². The maximum absolute atomic E-state index is 4.71. The van der Waals surface area contributed by atoms with Crippen LogP contribution in [-0.4, -0.2) is 11.3 Å². The van der Waals surface area contributed by atoms with E-state index >= 15 is 0 Å². The first-order chi connectivity index (χ1) is 5.55. The maximum atomic E-state index is 4.71. The van der Waals surface area contributed by atoms with Gasteiger partial charge in [-0.2, -0.15) is 0 Å². The van der Waals surface area contributed by atoms with Gasteiger partial charge in [-0.25, -0.2) is 0 Å². The number of aliphatic imine (C=N–C) groups is 1. The monoisotopic (exact) mass is 165 g/mol. The van der Waals surface area contributed by atoms with Crippen LogP contribution in [0.2, 0.25) is 0 Å². The molecule has 12 heavy (non-hydrogen) atoms. The first-order valence-electron chi connectivity index (χ1n) is 4.75. The Hall–Kier alpha value is -0.590. The van der Waals surface area contributed by atoms with Crippen LogP contribution in [0, 0.1) is 5.92 Å². The van der Waals surface area contributed by atoms with Crippen LogP contribution >= 0.6 is 0 Å². The molecule has 1 unspecified atom stereocenters. The van der Waals surface area contributed by atoms with Gasteiger partial charge in [0.1, 0.15) is 0 Å². The summed E-state index contributed by atoms with van der Waals surface area (Å²) in [6, 6.07) is 0. The lowest BCUT2D eigenvalue weighted by atomic mass is 9.97. The molecule has 1 nitrogen and oxygen atoms in total. The van der Waals surface area contributed by atoms with Crippen LogP contribution in [0.4, 0.5) is 0 Å². The molecule has 0 aromatic rings. The summed E-state index contributed by atoms with van der Waals surface area (Å²) in [7, 11) is 0. The predicted octanol–water partition coefficient (Wildman–Crippen LogP) is 3.21. The van der Waals surface area contributed by atoms with Crippen molar-refractivity contribution in [1.29, 1.82) is 0 Å². The lowest BCUT2D eigenvalue weighted by molar-refractivity contribution is 0.522. The molecule has 1 aliphatic rings. The van der Waals surface area contributed by atoms with E-state index in [-0.39, 0.29) is 5.54 Å². The third-order valence-electron chi connectivity index (χ3n) is 2.53. The predicted molar refractivity (Wildman–Crippen MR) is 54.7 cm³/mol. The molecule has 68 valence electrons. The zero-order valence-corrected chi connectivity index (χ0v) is 8.43. The summed E-state index contributed by atoms with van der Waals surface area (Å²) in [6.45, 7) is 10.4. The number of allylic oxidation sites excluding steroid dienone is 1. The molecule has 0 amide bonds. The van der Waals surface area contributed by atoms with Crippen LogP contribution in [0.1, 0.15) is 40.0 Å². The molecule has 1 heteroatoms. The molecular weight excluding hydrogens is 146 g/mol. The van der Waals surface area contributed by atoms with Gasteiger partial charge in [-0.05, 0) is 39.0 Å². The first kappa shape index (κ1) is 9.50. The highest BCUT2D eigenvalue weighted by atomic mass is 14.9. The molecule has 1 aliphatic heterocycles. The Morgan fingerprint density at radius 2 is 2.33 bits per heavy atom. The van der Waals surface area contributed by atoms with Crippen molar-refractivity contribution in [2.45, 2.75) is 45.6 Å². The first-order valence-corrected chi connectivity index (χ1v) is 4.75. The minimum absolute atomic E-state index is 0.199. The van der Waals surface area contributed by atoms with Gasteiger partial charge < -0.3 is 0 Å². The van der Waals surface area contributed by atoms with E-state index in [2.05, 4.69) is 27.4 Å². The Morgan fingerprint density at radius 3 is 2.75 bits per heavy atom. The normalized spacial score (nSPS) is 23.4. The summed E-state index contributed by atoms with van der Waals surface area (Å²) in [5, 5.41) is 0. The van der Waals surface area contributed by atoms with E-state index in [1.165, 1.54) is 18.6 Å². The molecule has 1 atom stereocenters. The molecule has 0 fully saturated rings. The van der Waals surface area contributed by atoms with E-state index in [9.17, 15) is 0 Å². The highest BCUT2D eigenvalue weighted by Crippen LogP contribution is 2.28. The van der Waals surface area contributed by atoms with Crippen molar-refractivity contribution in [2.24, 2.45) is 10.9 Å². The molecule has 0 saturated carbocycles. The zero-order valence-electron chi connectivity index (χ0n) is 8.43. The minimum atomic E-state index is 0.199. The van der Waals surface area contributed by atoms with Crippen molar-refractivity contribution in [3.05, 3.63) is 12.7 Å². The van der Waals surface area contributed by atoms with E-state index in [0.29, 0.717) is 5.92 Å². The molecule has 1 heterocycles. The Balaban J connectivity index is 2.59. The van der Waals surface area contributed by atoms with Gasteiger partial charge in [0.25, 0.3) is 0 Å². The second-order valence-corrected chi connectivity index (χ2v) is 4.34. The quantitative estimate of drug-likeness (QED) is 0.569. The van der Waals surface area contributed by atoms with Gasteiger partial charge in [0.15, 0.2) is 0 Å². The van der Waals surface area contributed by atoms with Crippen molar-refractivity contribution in [3.8, 4) is 0 Å². The fourth-order valence-electron chi connectivity index (χ4n) is 1.68. The second kappa shape index (κ2) is 3.42. The van der Waals surface area contributed by atoms with Crippen molar-refractivity contribution in [2.75, 3.05) is 0 Å². The van der Waals surface area contributed by atoms with Crippen LogP contribution in [0.3, 0.4) is 0 Å².